The number of methoxy groups -OCH3 is 1. The molecule has 1 aromatic carbocycles. The number of aliphatic hydroxyl groups excluding tert-OH is 1. The molecule has 2 N–H and O–H groups in total. The lowest BCUT2D eigenvalue weighted by Crippen LogP contribution is -2.36. The van der Waals surface area contributed by atoms with Crippen LogP contribution in [0.5, 0.6) is 5.75 Å². The molecule has 0 radical (unpaired) electrons. The first-order valence-corrected chi connectivity index (χ1v) is 7.69. The van der Waals surface area contributed by atoms with Crippen LogP contribution in [0, 0.1) is 0 Å². The van der Waals surface area contributed by atoms with Crippen molar-refractivity contribution in [2.75, 3.05) is 13.7 Å². The Labute approximate surface area is 115 Å². The van der Waals surface area contributed by atoms with E-state index in [0.29, 0.717) is 16.6 Å². The van der Waals surface area contributed by atoms with Gasteiger partial charge in [0, 0.05) is 12.1 Å². The Kier molecular flexibility index (Phi) is 5.58. The van der Waals surface area contributed by atoms with Crippen LogP contribution in [0.1, 0.15) is 13.3 Å². The Morgan fingerprint density at radius 1 is 1.50 bits per heavy atom. The summed E-state index contributed by atoms with van der Waals surface area (Å²) < 4.78 is 32.3. The Hall–Kier alpha value is -0.630. The van der Waals surface area contributed by atoms with E-state index in [1.807, 2.05) is 0 Å². The molecule has 0 saturated heterocycles. The number of hydrogen-bond acceptors (Lipinski definition) is 4. The van der Waals surface area contributed by atoms with E-state index in [1.165, 1.54) is 19.2 Å². The Balaban J connectivity index is 3.05. The number of nitrogens with one attached hydrogen (secondary N) is 1. The molecule has 1 rings (SSSR count). The largest absolute Gasteiger partial charge is 0.496 e. The lowest BCUT2D eigenvalue weighted by molar-refractivity contribution is 0.254. The molecule has 0 amide bonds. The molecule has 0 aliphatic rings. The van der Waals surface area contributed by atoms with Crippen molar-refractivity contribution in [1.82, 2.24) is 4.72 Å². The van der Waals surface area contributed by atoms with E-state index >= 15 is 0 Å². The number of halogens is 1. The summed E-state index contributed by atoms with van der Waals surface area (Å²) in [5, 5.41) is 9.02. The summed E-state index contributed by atoms with van der Waals surface area (Å²) in [6.45, 7) is 1.56. The maximum absolute atomic E-state index is 12.0. The average Bonchev–Trinajstić information content (AvgIpc) is 2.36. The van der Waals surface area contributed by atoms with Crippen molar-refractivity contribution in [3.8, 4) is 5.75 Å². The second-order valence-corrected chi connectivity index (χ2v) is 6.27. The molecule has 0 unspecified atom stereocenters. The smallest absolute Gasteiger partial charge is 0.241 e. The molecule has 18 heavy (non-hydrogen) atoms. The lowest BCUT2D eigenvalue weighted by Gasteiger charge is -2.15. The molecule has 0 heterocycles. The normalized spacial score (nSPS) is 13.3. The van der Waals surface area contributed by atoms with Gasteiger partial charge in [-0.05, 0) is 34.5 Å². The zero-order valence-electron chi connectivity index (χ0n) is 10.2. The molecule has 0 fully saturated rings. The summed E-state index contributed by atoms with van der Waals surface area (Å²) in [4.78, 5) is 0.106. The summed E-state index contributed by atoms with van der Waals surface area (Å²) in [6, 6.07) is 4.02. The van der Waals surface area contributed by atoms with Gasteiger partial charge in [0.15, 0.2) is 0 Å². The molecule has 0 spiro atoms. The molecule has 0 bridgehead atoms. The first kappa shape index (κ1) is 15.4. The van der Waals surface area contributed by atoms with E-state index in [1.54, 1.807) is 13.0 Å². The van der Waals surface area contributed by atoms with Crippen LogP contribution in [0.15, 0.2) is 27.6 Å². The monoisotopic (exact) mass is 337 g/mol. The van der Waals surface area contributed by atoms with Crippen LogP contribution >= 0.6 is 15.9 Å². The number of aliphatic hydroxyl groups is 1. The van der Waals surface area contributed by atoms with Crippen LogP contribution in [0.25, 0.3) is 0 Å². The molecule has 5 nitrogen and oxygen atoms in total. The number of ether oxygens (including phenoxy) is 1. The maximum atomic E-state index is 12.0. The van der Waals surface area contributed by atoms with Gasteiger partial charge in [0.1, 0.15) is 5.75 Å². The molecule has 1 atom stereocenters. The first-order valence-electron chi connectivity index (χ1n) is 5.41. The fourth-order valence-electron chi connectivity index (χ4n) is 1.34. The molecular formula is C11H16BrNO4S. The van der Waals surface area contributed by atoms with E-state index in [9.17, 15) is 8.42 Å². The quantitative estimate of drug-likeness (QED) is 0.824. The minimum absolute atomic E-state index is 0.106. The topological polar surface area (TPSA) is 75.6 Å². The third-order valence-corrected chi connectivity index (χ3v) is 4.64. The van der Waals surface area contributed by atoms with Crippen molar-refractivity contribution >= 4 is 26.0 Å². The lowest BCUT2D eigenvalue weighted by atomic mass is 10.3. The molecule has 1 aromatic rings. The fraction of sp³-hybridized carbons (Fsp3) is 0.455. The Morgan fingerprint density at radius 3 is 2.67 bits per heavy atom. The van der Waals surface area contributed by atoms with E-state index in [4.69, 9.17) is 9.84 Å². The highest BCUT2D eigenvalue weighted by molar-refractivity contribution is 9.10. The third kappa shape index (κ3) is 3.68. The van der Waals surface area contributed by atoms with Crippen LogP contribution in [0.3, 0.4) is 0 Å². The van der Waals surface area contributed by atoms with Crippen molar-refractivity contribution in [3.05, 3.63) is 22.7 Å². The zero-order valence-corrected chi connectivity index (χ0v) is 12.6. The van der Waals surface area contributed by atoms with Crippen LogP contribution in [0.2, 0.25) is 0 Å². The molecule has 7 heteroatoms. The van der Waals surface area contributed by atoms with Gasteiger partial charge in [-0.3, -0.25) is 0 Å². The van der Waals surface area contributed by atoms with Crippen LogP contribution in [0.4, 0.5) is 0 Å². The van der Waals surface area contributed by atoms with Crippen molar-refractivity contribution in [2.45, 2.75) is 24.3 Å². The standard InChI is InChI=1S/C11H16BrNO4S/c1-3-8(7-14)13-18(15,16)9-4-5-10(12)11(6-9)17-2/h4-6,8,13-14H,3,7H2,1-2H3/t8-/m1/s1. The second-order valence-electron chi connectivity index (χ2n) is 3.71. The van der Waals surface area contributed by atoms with Crippen LogP contribution < -0.4 is 9.46 Å². The molecule has 0 aliphatic carbocycles. The molecule has 0 aromatic heterocycles. The van der Waals surface area contributed by atoms with Gasteiger partial charge in [-0.1, -0.05) is 6.92 Å². The van der Waals surface area contributed by atoms with E-state index < -0.39 is 16.1 Å². The van der Waals surface area contributed by atoms with Crippen LogP contribution in [-0.2, 0) is 10.0 Å². The minimum Gasteiger partial charge on any atom is -0.496 e. The van der Waals surface area contributed by atoms with Gasteiger partial charge in [-0.2, -0.15) is 0 Å². The third-order valence-electron chi connectivity index (χ3n) is 2.47. The summed E-state index contributed by atoms with van der Waals surface area (Å²) in [5.41, 5.74) is 0. The Morgan fingerprint density at radius 2 is 2.17 bits per heavy atom. The average molecular weight is 338 g/mol. The molecule has 0 saturated carbocycles. The summed E-state index contributed by atoms with van der Waals surface area (Å²) in [7, 11) is -2.18. The van der Waals surface area contributed by atoms with Crippen molar-refractivity contribution in [1.29, 1.82) is 0 Å². The number of rotatable bonds is 6. The summed E-state index contributed by atoms with van der Waals surface area (Å²) in [6.07, 6.45) is 0.517. The predicted octanol–water partition coefficient (Wildman–Crippen LogP) is 1.51. The fourth-order valence-corrected chi connectivity index (χ4v) is 3.08. The highest BCUT2D eigenvalue weighted by Gasteiger charge is 2.19. The first-order chi connectivity index (χ1) is 8.44. The van der Waals surface area contributed by atoms with E-state index in [2.05, 4.69) is 20.7 Å². The van der Waals surface area contributed by atoms with E-state index in [-0.39, 0.29) is 11.5 Å². The minimum atomic E-state index is -3.64. The maximum Gasteiger partial charge on any atom is 0.241 e. The number of sulfonamides is 1. The van der Waals surface area contributed by atoms with Gasteiger partial charge >= 0.3 is 0 Å². The second kappa shape index (κ2) is 6.51. The highest BCUT2D eigenvalue weighted by atomic mass is 79.9. The van der Waals surface area contributed by atoms with Gasteiger partial charge in [-0.15, -0.1) is 0 Å². The van der Waals surface area contributed by atoms with Gasteiger partial charge in [0.05, 0.1) is 23.1 Å². The van der Waals surface area contributed by atoms with Gasteiger partial charge in [0.2, 0.25) is 10.0 Å². The van der Waals surface area contributed by atoms with Crippen molar-refractivity contribution in [3.63, 3.8) is 0 Å². The van der Waals surface area contributed by atoms with Gasteiger partial charge < -0.3 is 9.84 Å². The van der Waals surface area contributed by atoms with Crippen molar-refractivity contribution in [2.24, 2.45) is 0 Å². The van der Waals surface area contributed by atoms with Crippen molar-refractivity contribution < 1.29 is 18.3 Å². The molecular weight excluding hydrogens is 322 g/mol. The number of benzene rings is 1. The van der Waals surface area contributed by atoms with Crippen LogP contribution in [-0.4, -0.2) is 33.3 Å². The summed E-state index contributed by atoms with van der Waals surface area (Å²) >= 11 is 3.26. The highest BCUT2D eigenvalue weighted by Crippen LogP contribution is 2.27. The summed E-state index contributed by atoms with van der Waals surface area (Å²) in [5.74, 6) is 0.440. The molecule has 0 aliphatic heterocycles. The number of hydrogen-bond donors (Lipinski definition) is 2. The van der Waals surface area contributed by atoms with E-state index in [0.717, 1.165) is 0 Å². The predicted molar refractivity (Wildman–Crippen MR) is 72.2 cm³/mol. The zero-order chi connectivity index (χ0) is 13.8. The van der Waals surface area contributed by atoms with Gasteiger partial charge in [0.25, 0.3) is 0 Å². The molecule has 102 valence electrons. The SMILES string of the molecule is CC[C@H](CO)NS(=O)(=O)c1ccc(Br)c(OC)c1. The Bertz CT molecular complexity index is 500. The van der Waals surface area contributed by atoms with Gasteiger partial charge in [-0.25, -0.2) is 13.1 Å².